The van der Waals surface area contributed by atoms with E-state index >= 15 is 0 Å². The highest BCUT2D eigenvalue weighted by Gasteiger charge is 2.10. The zero-order valence-electron chi connectivity index (χ0n) is 7.05. The number of nitrogen functional groups attached to an aromatic ring is 1. The molecule has 1 aromatic rings. The van der Waals surface area contributed by atoms with Crippen LogP contribution < -0.4 is 11.3 Å². The molecule has 0 saturated carbocycles. The van der Waals surface area contributed by atoms with Gasteiger partial charge < -0.3 is 10.5 Å². The fourth-order valence-electron chi connectivity index (χ4n) is 0.963. The van der Waals surface area contributed by atoms with Crippen molar-refractivity contribution in [1.29, 1.82) is 0 Å². The lowest BCUT2D eigenvalue weighted by Gasteiger charge is -2.08. The van der Waals surface area contributed by atoms with Crippen LogP contribution in [0, 0.1) is 0 Å². The van der Waals surface area contributed by atoms with Crippen molar-refractivity contribution < 1.29 is 9.90 Å². The molecule has 0 heterocycles. The number of aliphatic hydroxyl groups is 1. The quantitative estimate of drug-likeness (QED) is 0.449. The Hall–Kier alpha value is -0.430. The number of nitrogens with one attached hydrogen (secondary N) is 1. The number of nitrogens with two attached hydrogens (primary N) is 1. The van der Waals surface area contributed by atoms with Gasteiger partial charge in [-0.1, -0.05) is 0 Å². The molecule has 0 amide bonds. The van der Waals surface area contributed by atoms with Gasteiger partial charge in [0.05, 0.1) is 5.69 Å². The van der Waals surface area contributed by atoms with Crippen molar-refractivity contribution in [2.24, 2.45) is 5.84 Å². The lowest BCUT2D eigenvalue weighted by molar-refractivity contribution is 0.0903. The van der Waals surface area contributed by atoms with E-state index in [0.717, 1.165) is 0 Å². The molecule has 1 aromatic carbocycles. The second-order valence-corrected chi connectivity index (χ2v) is 4.25. The monoisotopic (exact) mass is 322 g/mol. The van der Waals surface area contributed by atoms with Crippen LogP contribution >= 0.6 is 31.9 Å². The Bertz CT molecular complexity index is 345. The van der Waals surface area contributed by atoms with Gasteiger partial charge in [0.15, 0.2) is 5.78 Å². The third kappa shape index (κ3) is 2.33. The van der Waals surface area contributed by atoms with Crippen molar-refractivity contribution in [3.05, 3.63) is 26.6 Å². The molecule has 0 radical (unpaired) electrons. The molecule has 0 aliphatic heterocycles. The summed E-state index contributed by atoms with van der Waals surface area (Å²) in [6.45, 7) is -0.506. The van der Waals surface area contributed by atoms with E-state index in [9.17, 15) is 4.79 Å². The highest BCUT2D eigenvalue weighted by Crippen LogP contribution is 2.31. The predicted molar refractivity (Wildman–Crippen MR) is 61.1 cm³/mol. The van der Waals surface area contributed by atoms with E-state index in [1.165, 1.54) is 0 Å². The number of carbonyl (C=O) groups excluding carboxylic acids is 1. The summed E-state index contributed by atoms with van der Waals surface area (Å²) >= 11 is 6.50. The van der Waals surface area contributed by atoms with Gasteiger partial charge in [0.1, 0.15) is 6.61 Å². The Morgan fingerprint density at radius 3 is 2.29 bits per heavy atom. The van der Waals surface area contributed by atoms with Crippen LogP contribution in [0.4, 0.5) is 5.69 Å². The molecular formula is C8H8Br2N2O2. The van der Waals surface area contributed by atoms with Gasteiger partial charge >= 0.3 is 0 Å². The minimum atomic E-state index is -0.506. The molecule has 76 valence electrons. The van der Waals surface area contributed by atoms with E-state index in [1.807, 2.05) is 0 Å². The van der Waals surface area contributed by atoms with Gasteiger partial charge in [-0.15, -0.1) is 0 Å². The zero-order valence-corrected chi connectivity index (χ0v) is 10.2. The average Bonchev–Trinajstić information content (AvgIpc) is 2.16. The van der Waals surface area contributed by atoms with E-state index in [2.05, 4.69) is 37.3 Å². The molecule has 0 atom stereocenters. The molecule has 4 nitrogen and oxygen atoms in total. The van der Waals surface area contributed by atoms with Gasteiger partial charge in [-0.05, 0) is 44.0 Å². The number of hydrogen-bond donors (Lipinski definition) is 3. The van der Waals surface area contributed by atoms with Crippen LogP contribution in [-0.2, 0) is 0 Å². The molecule has 0 aliphatic carbocycles. The molecule has 0 fully saturated rings. The Morgan fingerprint density at radius 1 is 1.43 bits per heavy atom. The first-order chi connectivity index (χ1) is 6.60. The lowest BCUT2D eigenvalue weighted by Crippen LogP contribution is -2.10. The van der Waals surface area contributed by atoms with Crippen molar-refractivity contribution >= 4 is 43.3 Å². The summed E-state index contributed by atoms with van der Waals surface area (Å²) in [4.78, 5) is 11.2. The number of Topliss-reactive ketones (excluding diaryl/α,β-unsaturated/α-hetero) is 1. The van der Waals surface area contributed by atoms with Crippen LogP contribution in [0.25, 0.3) is 0 Å². The van der Waals surface area contributed by atoms with Gasteiger partial charge in [0.2, 0.25) is 0 Å². The Morgan fingerprint density at radius 2 is 1.93 bits per heavy atom. The number of rotatable bonds is 3. The van der Waals surface area contributed by atoms with Crippen LogP contribution in [-0.4, -0.2) is 17.5 Å². The number of aliphatic hydroxyl groups excluding tert-OH is 1. The lowest BCUT2D eigenvalue weighted by atomic mass is 10.1. The van der Waals surface area contributed by atoms with Crippen LogP contribution in [0.3, 0.4) is 0 Å². The minimum Gasteiger partial charge on any atom is -0.388 e. The molecule has 6 heteroatoms. The van der Waals surface area contributed by atoms with Crippen LogP contribution in [0.5, 0.6) is 0 Å². The summed E-state index contributed by atoms with van der Waals surface area (Å²) in [5.41, 5.74) is 3.55. The molecular weight excluding hydrogens is 316 g/mol. The van der Waals surface area contributed by atoms with E-state index in [0.29, 0.717) is 20.2 Å². The summed E-state index contributed by atoms with van der Waals surface area (Å²) < 4.78 is 1.32. The average molecular weight is 324 g/mol. The van der Waals surface area contributed by atoms with Crippen molar-refractivity contribution in [2.75, 3.05) is 12.0 Å². The number of anilines is 1. The van der Waals surface area contributed by atoms with E-state index in [1.54, 1.807) is 12.1 Å². The van der Waals surface area contributed by atoms with Crippen molar-refractivity contribution in [1.82, 2.24) is 0 Å². The Labute approximate surface area is 97.7 Å². The van der Waals surface area contributed by atoms with Crippen molar-refractivity contribution in [3.63, 3.8) is 0 Å². The number of hydrogen-bond acceptors (Lipinski definition) is 4. The second kappa shape index (κ2) is 4.88. The first-order valence-electron chi connectivity index (χ1n) is 3.70. The number of benzene rings is 1. The molecule has 0 aromatic heterocycles. The first-order valence-corrected chi connectivity index (χ1v) is 5.28. The fraction of sp³-hybridized carbons (Fsp3) is 0.125. The summed E-state index contributed by atoms with van der Waals surface area (Å²) in [6, 6.07) is 3.19. The molecule has 0 bridgehead atoms. The van der Waals surface area contributed by atoms with Crippen molar-refractivity contribution in [3.8, 4) is 0 Å². The maximum Gasteiger partial charge on any atom is 0.188 e. The fourth-order valence-corrected chi connectivity index (χ4v) is 2.38. The maximum atomic E-state index is 11.2. The molecule has 0 saturated heterocycles. The summed E-state index contributed by atoms with van der Waals surface area (Å²) in [7, 11) is 0. The summed E-state index contributed by atoms with van der Waals surface area (Å²) in [5, 5.41) is 8.68. The standard InChI is InChI=1S/C8H8Br2N2O2/c9-5-1-4(7(14)3-13)2-6(10)8(5)12-11/h1-2,12-13H,3,11H2. The maximum absolute atomic E-state index is 11.2. The molecule has 0 spiro atoms. The number of ketones is 1. The largest absolute Gasteiger partial charge is 0.388 e. The summed E-state index contributed by atoms with van der Waals surface area (Å²) in [6.07, 6.45) is 0. The third-order valence-corrected chi connectivity index (χ3v) is 2.90. The number of carbonyl (C=O) groups is 1. The first kappa shape index (κ1) is 11.6. The topological polar surface area (TPSA) is 75.3 Å². The number of hydrazine groups is 1. The van der Waals surface area contributed by atoms with E-state index in [4.69, 9.17) is 10.9 Å². The normalized spacial score (nSPS) is 10.0. The smallest absolute Gasteiger partial charge is 0.188 e. The SMILES string of the molecule is NNc1c(Br)cc(C(=O)CO)cc1Br. The van der Waals surface area contributed by atoms with Gasteiger partial charge in [0, 0.05) is 14.5 Å². The van der Waals surface area contributed by atoms with Gasteiger partial charge in [-0.2, -0.15) is 0 Å². The summed E-state index contributed by atoms with van der Waals surface area (Å²) in [5.74, 6) is 4.93. The highest BCUT2D eigenvalue weighted by atomic mass is 79.9. The molecule has 4 N–H and O–H groups in total. The molecule has 0 aliphatic rings. The van der Waals surface area contributed by atoms with Gasteiger partial charge in [-0.25, -0.2) is 0 Å². The van der Waals surface area contributed by atoms with Crippen molar-refractivity contribution in [2.45, 2.75) is 0 Å². The third-order valence-electron chi connectivity index (χ3n) is 1.65. The van der Waals surface area contributed by atoms with Gasteiger partial charge in [-0.3, -0.25) is 10.6 Å². The molecule has 14 heavy (non-hydrogen) atoms. The molecule has 0 unspecified atom stereocenters. The van der Waals surface area contributed by atoms with Crippen LogP contribution in [0.2, 0.25) is 0 Å². The van der Waals surface area contributed by atoms with E-state index in [-0.39, 0.29) is 5.78 Å². The minimum absolute atomic E-state index is 0.338. The Balaban J connectivity index is 3.20. The van der Waals surface area contributed by atoms with Gasteiger partial charge in [0.25, 0.3) is 0 Å². The Kier molecular flexibility index (Phi) is 4.06. The zero-order chi connectivity index (χ0) is 10.7. The number of halogens is 2. The molecule has 1 rings (SSSR count). The highest BCUT2D eigenvalue weighted by molar-refractivity contribution is 9.11. The van der Waals surface area contributed by atoms with Crippen LogP contribution in [0.15, 0.2) is 21.1 Å². The predicted octanol–water partition coefficient (Wildman–Crippen LogP) is 1.67. The van der Waals surface area contributed by atoms with E-state index < -0.39 is 6.61 Å². The second-order valence-electron chi connectivity index (χ2n) is 2.54. The van der Waals surface area contributed by atoms with Crippen LogP contribution in [0.1, 0.15) is 10.4 Å².